The van der Waals surface area contributed by atoms with E-state index >= 15 is 0 Å². The van der Waals surface area contributed by atoms with E-state index in [0.717, 1.165) is 25.7 Å². The summed E-state index contributed by atoms with van der Waals surface area (Å²) in [4.78, 5) is 0. The molecule has 2 aliphatic carbocycles. The molecule has 0 aromatic rings. The van der Waals surface area contributed by atoms with Gasteiger partial charge in [0.1, 0.15) is 0 Å². The molecule has 2 rings (SSSR count). The van der Waals surface area contributed by atoms with Crippen LogP contribution >= 0.6 is 0 Å². The summed E-state index contributed by atoms with van der Waals surface area (Å²) in [7, 11) is 0. The van der Waals surface area contributed by atoms with Gasteiger partial charge in [0.2, 0.25) is 0 Å². The monoisotopic (exact) mass is 318 g/mol. The summed E-state index contributed by atoms with van der Waals surface area (Å²) in [6.07, 6.45) is 11.8. The van der Waals surface area contributed by atoms with Crippen molar-refractivity contribution in [2.45, 2.75) is 76.4 Å². The van der Waals surface area contributed by atoms with Crippen molar-refractivity contribution in [2.75, 3.05) is 0 Å². The van der Waals surface area contributed by atoms with Gasteiger partial charge in [0.05, 0.1) is 12.2 Å². The van der Waals surface area contributed by atoms with E-state index in [9.17, 15) is 0 Å². The van der Waals surface area contributed by atoms with Gasteiger partial charge in [-0.05, 0) is 25.7 Å². The van der Waals surface area contributed by atoms with Crippen LogP contribution in [0.4, 0.5) is 0 Å². The maximum atomic E-state index is 8.91. The Morgan fingerprint density at radius 1 is 0.529 bits per heavy atom. The third-order valence-electron chi connectivity index (χ3n) is 3.15. The fourth-order valence-electron chi connectivity index (χ4n) is 2.16. The quantitative estimate of drug-likeness (QED) is 0.458. The Labute approximate surface area is 133 Å². The summed E-state index contributed by atoms with van der Waals surface area (Å²) in [6, 6.07) is 0. The van der Waals surface area contributed by atoms with Gasteiger partial charge in [0.25, 0.3) is 0 Å². The topological polar surface area (TPSA) is 40.5 Å². The molecule has 2 N–H and O–H groups in total. The van der Waals surface area contributed by atoms with Crippen molar-refractivity contribution in [1.29, 1.82) is 0 Å². The smallest absolute Gasteiger partial charge is 0.0540 e. The van der Waals surface area contributed by atoms with Gasteiger partial charge >= 0.3 is 0 Å². The van der Waals surface area contributed by atoms with Gasteiger partial charge in [-0.25, -0.2) is 0 Å². The van der Waals surface area contributed by atoms with Crippen LogP contribution in [0.3, 0.4) is 0 Å². The van der Waals surface area contributed by atoms with Crippen molar-refractivity contribution in [3.05, 3.63) is 0 Å². The molecule has 2 fully saturated rings. The Kier molecular flexibility index (Phi) is 20.9. The van der Waals surface area contributed by atoms with Crippen molar-refractivity contribution in [3.63, 3.8) is 0 Å². The molecule has 0 aromatic heterocycles. The molecule has 0 radical (unpaired) electrons. The van der Waals surface area contributed by atoms with E-state index in [0.29, 0.717) is 0 Å². The minimum absolute atomic E-state index is 0. The van der Waals surface area contributed by atoms with Crippen LogP contribution in [0.5, 0.6) is 0 Å². The van der Waals surface area contributed by atoms with E-state index in [1.165, 1.54) is 38.5 Å². The Balaban J connectivity index is -0.000000196. The van der Waals surface area contributed by atoms with E-state index < -0.39 is 0 Å². The molecule has 17 heavy (non-hydrogen) atoms. The Morgan fingerprint density at radius 2 is 0.765 bits per heavy atom. The second kappa shape index (κ2) is 15.3. The zero-order chi connectivity index (χ0) is 10.2. The molecular formula is C12H24Cl2O2Ti-2. The van der Waals surface area contributed by atoms with Gasteiger partial charge < -0.3 is 35.0 Å². The number of halogens is 2. The minimum Gasteiger partial charge on any atom is -1.00 e. The van der Waals surface area contributed by atoms with Crippen LogP contribution < -0.4 is 24.8 Å². The Hall–Kier alpha value is 1.21. The molecule has 0 heterocycles. The molecule has 2 nitrogen and oxygen atoms in total. The predicted octanol–water partition coefficient (Wildman–Crippen LogP) is -3.37. The predicted molar refractivity (Wildman–Crippen MR) is 58.2 cm³/mol. The zero-order valence-corrected chi connectivity index (χ0v) is 13.4. The van der Waals surface area contributed by atoms with E-state index in [1.807, 2.05) is 0 Å². The fourth-order valence-corrected chi connectivity index (χ4v) is 2.16. The van der Waals surface area contributed by atoms with E-state index in [2.05, 4.69) is 0 Å². The Bertz CT molecular complexity index is 122. The van der Waals surface area contributed by atoms with Gasteiger partial charge in [0, 0.05) is 21.7 Å². The molecule has 0 atom stereocenters. The third-order valence-corrected chi connectivity index (χ3v) is 3.15. The molecule has 0 saturated heterocycles. The average molecular weight is 319 g/mol. The molecular weight excluding hydrogens is 295 g/mol. The van der Waals surface area contributed by atoms with Gasteiger partial charge in [-0.15, -0.1) is 0 Å². The maximum Gasteiger partial charge on any atom is 0.0540 e. The number of aliphatic hydroxyl groups is 2. The molecule has 0 spiro atoms. The van der Waals surface area contributed by atoms with Crippen LogP contribution in [0, 0.1) is 0 Å². The van der Waals surface area contributed by atoms with E-state index in [4.69, 9.17) is 10.2 Å². The van der Waals surface area contributed by atoms with Gasteiger partial charge in [-0.2, -0.15) is 0 Å². The summed E-state index contributed by atoms with van der Waals surface area (Å²) < 4.78 is 0. The zero-order valence-electron chi connectivity index (χ0n) is 10.4. The molecule has 0 amide bonds. The molecule has 5 heteroatoms. The largest absolute Gasteiger partial charge is 1.00 e. The summed E-state index contributed by atoms with van der Waals surface area (Å²) in [6.45, 7) is 0. The molecule has 0 aliphatic heterocycles. The fraction of sp³-hybridized carbons (Fsp3) is 1.00. The first-order valence-corrected chi connectivity index (χ1v) is 6.15. The first-order valence-electron chi connectivity index (χ1n) is 6.15. The van der Waals surface area contributed by atoms with Crippen molar-refractivity contribution in [2.24, 2.45) is 0 Å². The van der Waals surface area contributed by atoms with E-state index in [1.54, 1.807) is 0 Å². The van der Waals surface area contributed by atoms with Crippen LogP contribution in [0.1, 0.15) is 64.2 Å². The first-order chi connectivity index (χ1) is 6.79. The van der Waals surface area contributed by atoms with Crippen LogP contribution in [0.25, 0.3) is 0 Å². The van der Waals surface area contributed by atoms with Crippen LogP contribution in [-0.4, -0.2) is 22.4 Å². The number of aliphatic hydroxyl groups excluding tert-OH is 2. The van der Waals surface area contributed by atoms with Gasteiger partial charge in [-0.1, -0.05) is 38.5 Å². The van der Waals surface area contributed by atoms with Crippen molar-refractivity contribution in [3.8, 4) is 0 Å². The van der Waals surface area contributed by atoms with Gasteiger partial charge in [-0.3, -0.25) is 0 Å². The summed E-state index contributed by atoms with van der Waals surface area (Å²) in [5.41, 5.74) is 0. The molecule has 2 aliphatic rings. The van der Waals surface area contributed by atoms with Crippen LogP contribution in [-0.2, 0) is 21.7 Å². The summed E-state index contributed by atoms with van der Waals surface area (Å²) >= 11 is 0. The molecule has 104 valence electrons. The number of rotatable bonds is 0. The van der Waals surface area contributed by atoms with Crippen molar-refractivity contribution >= 4 is 0 Å². The van der Waals surface area contributed by atoms with Gasteiger partial charge in [0.15, 0.2) is 0 Å². The normalized spacial score (nSPS) is 20.8. The van der Waals surface area contributed by atoms with E-state index in [-0.39, 0.29) is 58.7 Å². The summed E-state index contributed by atoms with van der Waals surface area (Å²) in [5.74, 6) is 0. The van der Waals surface area contributed by atoms with Crippen LogP contribution in [0.15, 0.2) is 0 Å². The second-order valence-corrected chi connectivity index (χ2v) is 4.58. The number of hydrogen-bond donors (Lipinski definition) is 2. The Morgan fingerprint density at radius 3 is 0.882 bits per heavy atom. The number of hydrogen-bond acceptors (Lipinski definition) is 2. The average Bonchev–Trinajstić information content (AvgIpc) is 2.21. The third kappa shape index (κ3) is 13.4. The maximum absolute atomic E-state index is 8.91. The van der Waals surface area contributed by atoms with Crippen molar-refractivity contribution < 1.29 is 56.7 Å². The first kappa shape index (κ1) is 23.3. The second-order valence-electron chi connectivity index (χ2n) is 4.58. The molecule has 0 bridgehead atoms. The molecule has 0 aromatic carbocycles. The SMILES string of the molecule is OC1CCCCC1.OC1CCCCC1.[Cl-].[Cl-].[Ti]. The van der Waals surface area contributed by atoms with Crippen molar-refractivity contribution in [1.82, 2.24) is 0 Å². The molecule has 0 unspecified atom stereocenters. The minimum atomic E-state index is 0. The van der Waals surface area contributed by atoms with Crippen LogP contribution in [0.2, 0.25) is 0 Å². The summed E-state index contributed by atoms with van der Waals surface area (Å²) in [5, 5.41) is 17.8. The standard InChI is InChI=1S/2C6H12O.2ClH.Ti/c2*7-6-4-2-1-3-5-6;;;/h2*6-7H,1-5H2;2*1H;/p-2. The molecule has 2 saturated carbocycles.